The number of ether oxygens (including phenoxy) is 1. The summed E-state index contributed by atoms with van der Waals surface area (Å²) in [6, 6.07) is 3.22. The summed E-state index contributed by atoms with van der Waals surface area (Å²) in [4.78, 5) is 39.7. The van der Waals surface area contributed by atoms with Gasteiger partial charge >= 0.3 is 0 Å². The SMILES string of the molecule is C=COC1=C2CCCCC2(C)c2cc3c(cc2C1=O)C(=O)C1=C(C3=O)S(=O)CCN1.CC. The van der Waals surface area contributed by atoms with E-state index in [0.717, 1.165) is 36.8 Å². The van der Waals surface area contributed by atoms with Gasteiger partial charge in [-0.15, -0.1) is 0 Å². The monoisotopic (exact) mass is 453 g/mol. The second kappa shape index (κ2) is 8.28. The number of carbonyl (C=O) groups excluding carboxylic acids is 3. The van der Waals surface area contributed by atoms with E-state index in [0.29, 0.717) is 17.9 Å². The van der Waals surface area contributed by atoms with Crippen LogP contribution in [0.4, 0.5) is 0 Å². The molecule has 1 saturated carbocycles. The third-order valence-corrected chi connectivity index (χ3v) is 8.08. The molecule has 0 aromatic heterocycles. The number of rotatable bonds is 2. The highest BCUT2D eigenvalue weighted by Gasteiger charge is 2.46. The van der Waals surface area contributed by atoms with Gasteiger partial charge in [0.2, 0.25) is 17.3 Å². The van der Waals surface area contributed by atoms with Crippen molar-refractivity contribution in [2.45, 2.75) is 51.9 Å². The van der Waals surface area contributed by atoms with Crippen LogP contribution in [0.5, 0.6) is 0 Å². The van der Waals surface area contributed by atoms with E-state index in [2.05, 4.69) is 18.8 Å². The minimum Gasteiger partial charge on any atom is -0.462 e. The van der Waals surface area contributed by atoms with Gasteiger partial charge in [-0.05, 0) is 42.5 Å². The van der Waals surface area contributed by atoms with Gasteiger partial charge in [-0.2, -0.15) is 0 Å². The minimum atomic E-state index is -1.51. The van der Waals surface area contributed by atoms with Crippen molar-refractivity contribution < 1.29 is 23.3 Å². The van der Waals surface area contributed by atoms with Gasteiger partial charge in [0.1, 0.15) is 10.6 Å². The molecule has 0 amide bonds. The summed E-state index contributed by atoms with van der Waals surface area (Å²) in [7, 11) is -1.51. The maximum absolute atomic E-state index is 13.3. The van der Waals surface area contributed by atoms with Crippen molar-refractivity contribution in [3.63, 3.8) is 0 Å². The molecule has 7 heteroatoms. The van der Waals surface area contributed by atoms with E-state index in [1.54, 1.807) is 6.07 Å². The highest BCUT2D eigenvalue weighted by atomic mass is 32.2. The molecule has 0 bridgehead atoms. The Labute approximate surface area is 190 Å². The predicted octanol–water partition coefficient (Wildman–Crippen LogP) is 4.10. The maximum Gasteiger partial charge on any atom is 0.228 e. The van der Waals surface area contributed by atoms with Gasteiger partial charge in [0.15, 0.2) is 5.76 Å². The molecule has 1 fully saturated rings. The van der Waals surface area contributed by atoms with E-state index in [9.17, 15) is 18.6 Å². The fourth-order valence-corrected chi connectivity index (χ4v) is 6.38. The Balaban J connectivity index is 0.00000119. The van der Waals surface area contributed by atoms with Crippen LogP contribution in [0.3, 0.4) is 0 Å². The first-order valence-corrected chi connectivity index (χ1v) is 12.4. The van der Waals surface area contributed by atoms with Gasteiger partial charge in [-0.1, -0.05) is 33.8 Å². The van der Waals surface area contributed by atoms with E-state index in [-0.39, 0.29) is 33.3 Å². The van der Waals surface area contributed by atoms with Gasteiger partial charge in [0.05, 0.1) is 17.1 Å². The number of nitrogens with one attached hydrogen (secondary N) is 1. The third kappa shape index (κ3) is 3.05. The smallest absolute Gasteiger partial charge is 0.228 e. The minimum absolute atomic E-state index is 0.0566. The normalized spacial score (nSPS) is 26.1. The first-order chi connectivity index (χ1) is 15.4. The Kier molecular flexibility index (Phi) is 5.79. The molecular formula is C25H27NO5S. The summed E-state index contributed by atoms with van der Waals surface area (Å²) >= 11 is 0. The quantitative estimate of drug-likeness (QED) is 0.678. The van der Waals surface area contributed by atoms with Crippen molar-refractivity contribution >= 4 is 28.1 Å². The molecule has 1 aromatic rings. The van der Waals surface area contributed by atoms with Gasteiger partial charge < -0.3 is 10.1 Å². The molecular weight excluding hydrogens is 426 g/mol. The largest absolute Gasteiger partial charge is 0.462 e. The lowest BCUT2D eigenvalue weighted by molar-refractivity contribution is 0.0946. The lowest BCUT2D eigenvalue weighted by Crippen LogP contribution is -2.40. The average Bonchev–Trinajstić information content (AvgIpc) is 2.81. The molecule has 0 radical (unpaired) electrons. The van der Waals surface area contributed by atoms with Crippen LogP contribution in [-0.2, 0) is 21.0 Å². The van der Waals surface area contributed by atoms with Crippen molar-refractivity contribution in [2.24, 2.45) is 0 Å². The van der Waals surface area contributed by atoms with Crippen LogP contribution in [-0.4, -0.2) is 33.9 Å². The first-order valence-electron chi connectivity index (χ1n) is 11.1. The highest BCUT2D eigenvalue weighted by molar-refractivity contribution is 7.90. The van der Waals surface area contributed by atoms with E-state index in [1.807, 2.05) is 13.8 Å². The van der Waals surface area contributed by atoms with Crippen molar-refractivity contribution in [1.82, 2.24) is 5.32 Å². The molecule has 1 aromatic carbocycles. The Morgan fingerprint density at radius 3 is 2.50 bits per heavy atom. The number of hydrogen-bond acceptors (Lipinski definition) is 6. The molecule has 6 nitrogen and oxygen atoms in total. The lowest BCUT2D eigenvalue weighted by atomic mass is 9.62. The number of carbonyl (C=O) groups is 3. The first kappa shape index (κ1) is 22.4. The second-order valence-electron chi connectivity index (χ2n) is 8.24. The molecule has 3 aliphatic carbocycles. The Hall–Kier alpha value is -2.80. The van der Waals surface area contributed by atoms with Gasteiger partial charge in [0.25, 0.3) is 0 Å². The van der Waals surface area contributed by atoms with Crippen molar-refractivity contribution in [2.75, 3.05) is 12.3 Å². The van der Waals surface area contributed by atoms with Crippen LogP contribution in [0, 0.1) is 0 Å². The van der Waals surface area contributed by atoms with Crippen molar-refractivity contribution in [3.8, 4) is 0 Å². The molecule has 1 heterocycles. The zero-order valence-electron chi connectivity index (χ0n) is 18.6. The molecule has 5 rings (SSSR count). The summed E-state index contributed by atoms with van der Waals surface area (Å²) in [5.74, 6) is -0.492. The Bertz CT molecular complexity index is 1160. The summed E-state index contributed by atoms with van der Waals surface area (Å²) < 4.78 is 18.1. The third-order valence-electron chi connectivity index (χ3n) is 6.66. The van der Waals surface area contributed by atoms with Crippen molar-refractivity contribution in [1.29, 1.82) is 0 Å². The highest BCUT2D eigenvalue weighted by Crippen LogP contribution is 2.50. The van der Waals surface area contributed by atoms with Gasteiger partial charge in [-0.25, -0.2) is 0 Å². The van der Waals surface area contributed by atoms with E-state index < -0.39 is 27.8 Å². The van der Waals surface area contributed by atoms with Crippen LogP contribution >= 0.6 is 0 Å². The molecule has 168 valence electrons. The zero-order chi connectivity index (χ0) is 23.2. The summed E-state index contributed by atoms with van der Waals surface area (Å²) in [5.41, 5.74) is 2.11. The molecule has 1 N–H and O–H groups in total. The van der Waals surface area contributed by atoms with Crippen LogP contribution in [0.15, 0.2) is 46.9 Å². The molecule has 1 aliphatic heterocycles. The van der Waals surface area contributed by atoms with Gasteiger partial charge in [0, 0.05) is 34.4 Å². The predicted molar refractivity (Wildman–Crippen MR) is 123 cm³/mol. The number of ketones is 3. The lowest BCUT2D eigenvalue weighted by Gasteiger charge is -2.42. The second-order valence-corrected chi connectivity index (χ2v) is 9.75. The van der Waals surface area contributed by atoms with Crippen LogP contribution < -0.4 is 5.32 Å². The van der Waals surface area contributed by atoms with E-state index in [4.69, 9.17) is 4.74 Å². The zero-order valence-corrected chi connectivity index (χ0v) is 19.4. The van der Waals surface area contributed by atoms with Gasteiger partial charge in [-0.3, -0.25) is 18.6 Å². The van der Waals surface area contributed by atoms with Crippen LogP contribution in [0.2, 0.25) is 0 Å². The maximum atomic E-state index is 13.3. The molecule has 2 atom stereocenters. The number of hydrogen-bond donors (Lipinski definition) is 1. The standard InChI is InChI=1S/C23H21NO5S.C2H6/c1-3-29-21-15-6-4-5-7-23(15,2)16-11-13-12(10-14(16)19(21)26)18(25)17-22(20(13)27)30(28)9-8-24-17;1-2/h3,10-11,24H,1,4-9H2,2H3;1-2H3. The summed E-state index contributed by atoms with van der Waals surface area (Å²) in [5, 5.41) is 2.93. The fourth-order valence-electron chi connectivity index (χ4n) is 5.18. The molecule has 2 unspecified atom stereocenters. The Morgan fingerprint density at radius 1 is 1.06 bits per heavy atom. The van der Waals surface area contributed by atoms with Crippen LogP contribution in [0.25, 0.3) is 0 Å². The van der Waals surface area contributed by atoms with E-state index >= 15 is 0 Å². The molecule has 0 saturated heterocycles. The molecule has 4 aliphatic rings. The fraction of sp³-hybridized carbons (Fsp3) is 0.400. The molecule has 32 heavy (non-hydrogen) atoms. The number of benzene rings is 1. The van der Waals surface area contributed by atoms with E-state index in [1.165, 1.54) is 12.3 Å². The van der Waals surface area contributed by atoms with Crippen LogP contribution in [0.1, 0.15) is 83.1 Å². The summed E-state index contributed by atoms with van der Waals surface area (Å²) in [6.45, 7) is 10.0. The average molecular weight is 454 g/mol. The number of Topliss-reactive ketones (excluding diaryl/α,β-unsaturated/α-hetero) is 3. The Morgan fingerprint density at radius 2 is 1.78 bits per heavy atom. The molecule has 0 spiro atoms. The van der Waals surface area contributed by atoms with Crippen molar-refractivity contribution in [3.05, 3.63) is 69.2 Å². The number of fused-ring (bicyclic) bond motifs is 4. The summed E-state index contributed by atoms with van der Waals surface area (Å²) in [6.07, 6.45) is 4.75. The topological polar surface area (TPSA) is 89.5 Å². The number of allylic oxidation sites excluding steroid dienone is 4.